The molecule has 0 atom stereocenters. The molecule has 0 spiro atoms. The van der Waals surface area contributed by atoms with Crippen LogP contribution in [0.3, 0.4) is 0 Å². The molecule has 0 aliphatic rings. The monoisotopic (exact) mass is 470 g/mol. The van der Waals surface area contributed by atoms with Gasteiger partial charge in [-0.2, -0.15) is 0 Å². The summed E-state index contributed by atoms with van der Waals surface area (Å²) in [5, 5.41) is 0.905. The number of halogens is 6. The van der Waals surface area contributed by atoms with Gasteiger partial charge in [-0.3, -0.25) is 0 Å². The first-order valence-electron chi connectivity index (χ1n) is 8.51. The van der Waals surface area contributed by atoms with E-state index < -0.39 is 23.5 Å². The van der Waals surface area contributed by atoms with Crippen LogP contribution in [0.1, 0.15) is 11.1 Å². The minimum atomic E-state index is -4.43. The van der Waals surface area contributed by atoms with Crippen LogP contribution in [0.25, 0.3) is 30.8 Å². The average Bonchev–Trinajstić information content (AvgIpc) is 3.06. The van der Waals surface area contributed by atoms with Crippen LogP contribution >= 0.6 is 0 Å². The molecule has 0 N–H and O–H groups in total. The first kappa shape index (κ1) is 19.8. The molecule has 148 valence electrons. The number of hydrogen-bond donors (Lipinski definition) is 0. The Morgan fingerprint density at radius 2 is 1.03 bits per heavy atom. The summed E-state index contributed by atoms with van der Waals surface area (Å²) in [7, 11) is 0. The predicted molar refractivity (Wildman–Crippen MR) is 102 cm³/mol. The number of alkyl halides is 6. The van der Waals surface area contributed by atoms with Gasteiger partial charge >= 0.3 is 168 Å². The van der Waals surface area contributed by atoms with E-state index in [0.717, 1.165) is 43.9 Å². The molecule has 4 aromatic rings. The first-order valence-corrected chi connectivity index (χ1v) is 10.2. The summed E-state index contributed by atoms with van der Waals surface area (Å²) in [5.74, 6) is 0. The molecule has 0 fully saturated rings. The van der Waals surface area contributed by atoms with Crippen LogP contribution in [0.2, 0.25) is 0 Å². The molecule has 7 heteroatoms. The zero-order valence-corrected chi connectivity index (χ0v) is 16.3. The van der Waals surface area contributed by atoms with Crippen LogP contribution < -0.4 is 0 Å². The fraction of sp³-hybridized carbons (Fsp3) is 0.0909. The van der Waals surface area contributed by atoms with Gasteiger partial charge in [-0.25, -0.2) is 0 Å². The number of fused-ring (bicyclic) bond motifs is 1. The van der Waals surface area contributed by atoms with Gasteiger partial charge < -0.3 is 0 Å². The Labute approximate surface area is 168 Å². The average molecular weight is 469 g/mol. The minimum absolute atomic E-state index is 0.172. The Hall–Kier alpha value is -2.50. The van der Waals surface area contributed by atoms with E-state index in [0.29, 0.717) is 11.1 Å². The number of hydrogen-bond acceptors (Lipinski definition) is 0. The Bertz CT molecular complexity index is 1150. The van der Waals surface area contributed by atoms with Gasteiger partial charge in [-0.15, -0.1) is 0 Å². The predicted octanol–water partition coefficient (Wildman–Crippen LogP) is 7.27. The second-order valence-electron chi connectivity index (χ2n) is 6.45. The van der Waals surface area contributed by atoms with Crippen molar-refractivity contribution in [2.24, 2.45) is 0 Å². The Morgan fingerprint density at radius 1 is 0.552 bits per heavy atom. The summed E-state index contributed by atoms with van der Waals surface area (Å²) in [6.45, 7) is 0. The third-order valence-electron chi connectivity index (χ3n) is 4.57. The normalized spacial score (nSPS) is 12.5. The molecule has 4 rings (SSSR count). The van der Waals surface area contributed by atoms with Crippen LogP contribution in [-0.4, -0.2) is 14.5 Å². The summed E-state index contributed by atoms with van der Waals surface area (Å²) in [4.78, 5) is 0. The van der Waals surface area contributed by atoms with E-state index in [2.05, 4.69) is 0 Å². The molecule has 0 saturated heterocycles. The summed E-state index contributed by atoms with van der Waals surface area (Å²) in [6.07, 6.45) is -8.85. The van der Waals surface area contributed by atoms with Gasteiger partial charge in [0.1, 0.15) is 0 Å². The van der Waals surface area contributed by atoms with Crippen LogP contribution in [0.15, 0.2) is 72.8 Å². The van der Waals surface area contributed by atoms with E-state index in [1.165, 1.54) is 24.3 Å². The molecule has 1 heterocycles. The Kier molecular flexibility index (Phi) is 4.83. The van der Waals surface area contributed by atoms with E-state index >= 15 is 0 Å². The second kappa shape index (κ2) is 7.08. The van der Waals surface area contributed by atoms with Gasteiger partial charge in [0.05, 0.1) is 0 Å². The van der Waals surface area contributed by atoms with Crippen molar-refractivity contribution in [2.45, 2.75) is 12.4 Å². The molecule has 0 aliphatic heterocycles. The van der Waals surface area contributed by atoms with Crippen LogP contribution in [0.4, 0.5) is 26.3 Å². The fourth-order valence-electron chi connectivity index (χ4n) is 3.17. The molecule has 0 saturated carbocycles. The standard InChI is InChI=1S/C22H12F6Se/c23-21(24,25)15-9-5-13(6-10-15)19-17-3-1-2-4-18(17)29-20(19)14-7-11-16(12-8-14)22(26,27)28/h1-12H. The van der Waals surface area contributed by atoms with E-state index in [1.807, 2.05) is 24.3 Å². The number of rotatable bonds is 2. The van der Waals surface area contributed by atoms with E-state index in [1.54, 1.807) is 0 Å². The van der Waals surface area contributed by atoms with E-state index in [9.17, 15) is 26.3 Å². The summed E-state index contributed by atoms with van der Waals surface area (Å²) < 4.78 is 79.3. The fourth-order valence-corrected chi connectivity index (χ4v) is 5.75. The van der Waals surface area contributed by atoms with Gasteiger partial charge in [-0.05, 0) is 0 Å². The van der Waals surface area contributed by atoms with Crippen molar-refractivity contribution in [3.05, 3.63) is 83.9 Å². The van der Waals surface area contributed by atoms with Gasteiger partial charge in [0, 0.05) is 0 Å². The Balaban J connectivity index is 1.88. The van der Waals surface area contributed by atoms with Crippen molar-refractivity contribution in [3.63, 3.8) is 0 Å². The Morgan fingerprint density at radius 3 is 1.55 bits per heavy atom. The number of benzene rings is 3. The third kappa shape index (κ3) is 3.85. The summed E-state index contributed by atoms with van der Waals surface area (Å²) in [6, 6.07) is 17.4. The molecule has 0 unspecified atom stereocenters. The topological polar surface area (TPSA) is 0 Å². The molecular formula is C22H12F6Se. The molecule has 0 aliphatic carbocycles. The van der Waals surface area contributed by atoms with Crippen molar-refractivity contribution < 1.29 is 26.3 Å². The summed E-state index contributed by atoms with van der Waals surface area (Å²) in [5.41, 5.74) is 0.550. The third-order valence-corrected chi connectivity index (χ3v) is 7.13. The van der Waals surface area contributed by atoms with E-state index in [4.69, 9.17) is 0 Å². The molecule has 29 heavy (non-hydrogen) atoms. The molecule has 1 aromatic heterocycles. The second-order valence-corrected chi connectivity index (χ2v) is 8.66. The van der Waals surface area contributed by atoms with E-state index in [-0.39, 0.29) is 14.5 Å². The van der Waals surface area contributed by atoms with Crippen molar-refractivity contribution in [3.8, 4) is 21.1 Å². The molecule has 0 amide bonds. The maximum absolute atomic E-state index is 12.9. The van der Waals surface area contributed by atoms with Crippen molar-refractivity contribution in [2.75, 3.05) is 0 Å². The zero-order chi connectivity index (χ0) is 20.8. The van der Waals surface area contributed by atoms with Crippen molar-refractivity contribution in [1.29, 1.82) is 0 Å². The van der Waals surface area contributed by atoms with Gasteiger partial charge in [0.25, 0.3) is 0 Å². The van der Waals surface area contributed by atoms with Crippen molar-refractivity contribution >= 4 is 24.1 Å². The zero-order valence-electron chi connectivity index (χ0n) is 14.6. The molecule has 3 aromatic carbocycles. The van der Waals surface area contributed by atoms with Crippen molar-refractivity contribution in [1.82, 2.24) is 0 Å². The van der Waals surface area contributed by atoms with Gasteiger partial charge in [-0.1, -0.05) is 0 Å². The van der Waals surface area contributed by atoms with Crippen LogP contribution in [0.5, 0.6) is 0 Å². The molecule has 0 nitrogen and oxygen atoms in total. The molecular weight excluding hydrogens is 457 g/mol. The molecule has 0 bridgehead atoms. The SMILES string of the molecule is FC(F)(F)c1ccc(-c2[se]c3ccccc3c2-c2ccc(C(F)(F)F)cc2)cc1. The van der Waals surface area contributed by atoms with Crippen LogP contribution in [0, 0.1) is 0 Å². The summed E-state index contributed by atoms with van der Waals surface area (Å²) >= 11 is -0.172. The molecule has 0 radical (unpaired) electrons. The first-order chi connectivity index (χ1) is 13.6. The quantitative estimate of drug-likeness (QED) is 0.214. The maximum atomic E-state index is 12.9. The van der Waals surface area contributed by atoms with Gasteiger partial charge in [0.2, 0.25) is 0 Å². The van der Waals surface area contributed by atoms with Crippen LogP contribution in [-0.2, 0) is 12.4 Å². The van der Waals surface area contributed by atoms with Gasteiger partial charge in [0.15, 0.2) is 0 Å².